The van der Waals surface area contributed by atoms with Crippen LogP contribution in [0.25, 0.3) is 0 Å². The van der Waals surface area contributed by atoms with Gasteiger partial charge in [-0.2, -0.15) is 0 Å². The molecule has 0 aliphatic heterocycles. The summed E-state index contributed by atoms with van der Waals surface area (Å²) in [6, 6.07) is 0. The number of fused-ring (bicyclic) bond motifs is 5. The molecule has 160 valence electrons. The number of ether oxygens (including phenoxy) is 1. The van der Waals surface area contributed by atoms with Gasteiger partial charge in [-0.15, -0.1) is 0 Å². The average molecular weight is 389 g/mol. The maximum Gasteiger partial charge on any atom is 0.162 e. The summed E-state index contributed by atoms with van der Waals surface area (Å²) in [5.74, 6) is 4.28. The van der Waals surface area contributed by atoms with Crippen LogP contribution in [0, 0.1) is 40.4 Å². The van der Waals surface area contributed by atoms with Gasteiger partial charge in [0.05, 0.1) is 0 Å². The number of carbonyl (C=O) groups excluding carboxylic acids is 1. The van der Waals surface area contributed by atoms with Crippen molar-refractivity contribution in [2.24, 2.45) is 40.4 Å². The molecule has 0 saturated heterocycles. The summed E-state index contributed by atoms with van der Waals surface area (Å²) in [5.41, 5.74) is 0.857. The van der Waals surface area contributed by atoms with Crippen molar-refractivity contribution >= 4 is 5.78 Å². The van der Waals surface area contributed by atoms with Crippen molar-refractivity contribution in [3.05, 3.63) is 0 Å². The number of rotatable bonds is 7. The lowest BCUT2D eigenvalue weighted by atomic mass is 9.45. The van der Waals surface area contributed by atoms with Gasteiger partial charge in [-0.1, -0.05) is 46.5 Å². The molecule has 28 heavy (non-hydrogen) atoms. The Morgan fingerprint density at radius 2 is 1.71 bits per heavy atom. The van der Waals surface area contributed by atoms with E-state index in [9.17, 15) is 4.79 Å². The van der Waals surface area contributed by atoms with E-state index in [4.69, 9.17) is 4.74 Å². The van der Waals surface area contributed by atoms with Gasteiger partial charge < -0.3 is 4.74 Å². The highest BCUT2D eigenvalue weighted by Crippen LogP contribution is 2.67. The molecule has 0 amide bonds. The first-order valence-corrected chi connectivity index (χ1v) is 12.6. The summed E-state index contributed by atoms with van der Waals surface area (Å²) in [5, 5.41) is 0. The van der Waals surface area contributed by atoms with Crippen molar-refractivity contribution in [3.8, 4) is 0 Å². The molecule has 2 heteroatoms. The van der Waals surface area contributed by atoms with E-state index in [-0.39, 0.29) is 11.3 Å². The number of carbonyl (C=O) groups is 1. The first-order valence-electron chi connectivity index (χ1n) is 12.6. The first-order chi connectivity index (χ1) is 13.5. The van der Waals surface area contributed by atoms with Gasteiger partial charge in [0.25, 0.3) is 0 Å². The van der Waals surface area contributed by atoms with Gasteiger partial charge in [0.15, 0.2) is 5.78 Å². The van der Waals surface area contributed by atoms with Crippen molar-refractivity contribution in [1.29, 1.82) is 0 Å². The minimum Gasteiger partial charge on any atom is -0.374 e. The second kappa shape index (κ2) is 8.40. The summed E-state index contributed by atoms with van der Waals surface area (Å²) in [6.45, 7) is 8.47. The van der Waals surface area contributed by atoms with Gasteiger partial charge in [0, 0.05) is 12.5 Å². The summed E-state index contributed by atoms with van der Waals surface area (Å²) in [7, 11) is 0. The number of unbranched alkanes of at least 4 members (excludes halogenated alkanes) is 2. The Labute approximate surface area is 173 Å². The standard InChI is InChI=1S/C26H44O2/c1-4-5-8-17-28-18-24(27)23-13-12-21-20-11-10-19-9-6-7-15-25(19,2)22(20)14-16-26(21,23)3/h19-23H,4-18H2,1-3H3/t19?,20-,21-,22-,23+,25-,26-/m0/s1. The fourth-order valence-electron chi connectivity index (χ4n) is 8.55. The molecule has 2 nitrogen and oxygen atoms in total. The lowest BCUT2D eigenvalue weighted by Crippen LogP contribution is -2.53. The number of hydrogen-bond donors (Lipinski definition) is 0. The molecule has 0 N–H and O–H groups in total. The van der Waals surface area contributed by atoms with Crippen LogP contribution in [0.4, 0.5) is 0 Å². The molecule has 0 aromatic carbocycles. The Morgan fingerprint density at radius 1 is 0.893 bits per heavy atom. The summed E-state index contributed by atoms with van der Waals surface area (Å²) in [6.07, 6.45) is 17.4. The second-order valence-electron chi connectivity index (χ2n) is 11.3. The average Bonchev–Trinajstić information content (AvgIpc) is 3.04. The Bertz CT molecular complexity index is 557. The molecule has 7 atom stereocenters. The van der Waals surface area contributed by atoms with E-state index in [2.05, 4.69) is 20.8 Å². The summed E-state index contributed by atoms with van der Waals surface area (Å²) < 4.78 is 5.78. The summed E-state index contributed by atoms with van der Waals surface area (Å²) in [4.78, 5) is 13.1. The predicted molar refractivity (Wildman–Crippen MR) is 115 cm³/mol. The minimum absolute atomic E-state index is 0.253. The number of hydrogen-bond acceptors (Lipinski definition) is 2. The van der Waals surface area contributed by atoms with Gasteiger partial charge in [-0.05, 0) is 92.3 Å². The second-order valence-corrected chi connectivity index (χ2v) is 11.3. The third-order valence-corrected chi connectivity index (χ3v) is 10.1. The smallest absolute Gasteiger partial charge is 0.162 e. The molecule has 4 aliphatic carbocycles. The lowest BCUT2D eigenvalue weighted by Gasteiger charge is -2.60. The van der Waals surface area contributed by atoms with E-state index < -0.39 is 0 Å². The van der Waals surface area contributed by atoms with Gasteiger partial charge >= 0.3 is 0 Å². The van der Waals surface area contributed by atoms with E-state index in [0.717, 1.165) is 43.1 Å². The van der Waals surface area contributed by atoms with Gasteiger partial charge in [0.2, 0.25) is 0 Å². The lowest BCUT2D eigenvalue weighted by molar-refractivity contribution is -0.139. The quantitative estimate of drug-likeness (QED) is 0.448. The molecule has 0 radical (unpaired) electrons. The summed E-state index contributed by atoms with van der Waals surface area (Å²) >= 11 is 0. The van der Waals surface area contributed by atoms with Gasteiger partial charge in [0.1, 0.15) is 6.61 Å². The van der Waals surface area contributed by atoms with Crippen molar-refractivity contribution in [2.75, 3.05) is 13.2 Å². The fraction of sp³-hybridized carbons (Fsp3) is 0.962. The third kappa shape index (κ3) is 3.50. The maximum atomic E-state index is 13.1. The van der Waals surface area contributed by atoms with Crippen LogP contribution in [0.2, 0.25) is 0 Å². The van der Waals surface area contributed by atoms with Crippen molar-refractivity contribution in [1.82, 2.24) is 0 Å². The van der Waals surface area contributed by atoms with Crippen LogP contribution in [0.1, 0.15) is 104 Å². The van der Waals surface area contributed by atoms with Crippen LogP contribution in [-0.4, -0.2) is 19.0 Å². The van der Waals surface area contributed by atoms with Crippen molar-refractivity contribution < 1.29 is 9.53 Å². The van der Waals surface area contributed by atoms with Crippen LogP contribution < -0.4 is 0 Å². The SMILES string of the molecule is CCCCCOCC(=O)[C@H]1CC[C@H]2[C@@H]3CCC4CCCC[C@]4(C)[C@H]3CC[C@]12C. The van der Waals surface area contributed by atoms with Gasteiger partial charge in [-0.25, -0.2) is 0 Å². The largest absolute Gasteiger partial charge is 0.374 e. The van der Waals surface area contributed by atoms with Crippen molar-refractivity contribution in [3.63, 3.8) is 0 Å². The van der Waals surface area contributed by atoms with Crippen LogP contribution >= 0.6 is 0 Å². The van der Waals surface area contributed by atoms with Crippen molar-refractivity contribution in [2.45, 2.75) is 104 Å². The van der Waals surface area contributed by atoms with E-state index in [1.165, 1.54) is 70.6 Å². The molecule has 0 aromatic heterocycles. The molecule has 0 bridgehead atoms. The topological polar surface area (TPSA) is 26.3 Å². The van der Waals surface area contributed by atoms with Crippen LogP contribution in [0.15, 0.2) is 0 Å². The molecular formula is C26H44O2. The zero-order valence-electron chi connectivity index (χ0n) is 18.8. The molecule has 4 rings (SSSR count). The Hall–Kier alpha value is -0.370. The van der Waals surface area contributed by atoms with E-state index >= 15 is 0 Å². The molecule has 4 saturated carbocycles. The number of ketones is 1. The maximum absolute atomic E-state index is 13.1. The van der Waals surface area contributed by atoms with Crippen LogP contribution in [0.5, 0.6) is 0 Å². The van der Waals surface area contributed by atoms with E-state index in [1.54, 1.807) is 0 Å². The molecule has 0 aromatic rings. The van der Waals surface area contributed by atoms with E-state index in [1.807, 2.05) is 0 Å². The van der Waals surface area contributed by atoms with Crippen LogP contribution in [-0.2, 0) is 9.53 Å². The molecule has 4 aliphatic rings. The molecule has 0 heterocycles. The molecule has 0 spiro atoms. The van der Waals surface area contributed by atoms with Gasteiger partial charge in [-0.3, -0.25) is 4.79 Å². The highest BCUT2D eigenvalue weighted by atomic mass is 16.5. The highest BCUT2D eigenvalue weighted by molar-refractivity contribution is 5.83. The Kier molecular flexibility index (Phi) is 6.27. The van der Waals surface area contributed by atoms with Crippen LogP contribution in [0.3, 0.4) is 0 Å². The zero-order valence-corrected chi connectivity index (χ0v) is 18.8. The zero-order chi connectivity index (χ0) is 19.8. The normalized spacial score (nSPS) is 45.2. The fourth-order valence-corrected chi connectivity index (χ4v) is 8.55. The Balaban J connectivity index is 1.41. The third-order valence-electron chi connectivity index (χ3n) is 10.1. The minimum atomic E-state index is 0.253. The Morgan fingerprint density at radius 3 is 2.54 bits per heavy atom. The molecule has 1 unspecified atom stereocenters. The first kappa shape index (κ1) is 20.9. The highest BCUT2D eigenvalue weighted by Gasteiger charge is 2.60. The molecular weight excluding hydrogens is 344 g/mol. The predicted octanol–water partition coefficient (Wildman–Crippen LogP) is 6.81. The molecule has 4 fully saturated rings. The number of Topliss-reactive ketones (excluding diaryl/α,β-unsaturated/α-hetero) is 1. The monoisotopic (exact) mass is 388 g/mol. The van der Waals surface area contributed by atoms with E-state index in [0.29, 0.717) is 17.8 Å².